The second kappa shape index (κ2) is 10.7. The molecule has 8 aromatic rings. The highest BCUT2D eigenvalue weighted by atomic mass is 79.9. The Morgan fingerprint density at radius 3 is 1.48 bits per heavy atom. The molecule has 3 aliphatic rings. The van der Waals surface area contributed by atoms with Crippen molar-refractivity contribution in [3.8, 4) is 44.5 Å². The Labute approximate surface area is 315 Å². The van der Waals surface area contributed by atoms with Gasteiger partial charge in [-0.25, -0.2) is 0 Å². The van der Waals surface area contributed by atoms with Crippen LogP contribution in [-0.4, -0.2) is 0 Å². The maximum Gasteiger partial charge on any atom is 0.0260 e. The summed E-state index contributed by atoms with van der Waals surface area (Å²) in [6.45, 7) is 9.55. The molecule has 252 valence electrons. The van der Waals surface area contributed by atoms with Crippen molar-refractivity contribution in [2.24, 2.45) is 0 Å². The molecule has 3 aliphatic carbocycles. The molecule has 0 aliphatic heterocycles. The van der Waals surface area contributed by atoms with Crippen LogP contribution in [0.25, 0.3) is 76.8 Å². The van der Waals surface area contributed by atoms with E-state index in [-0.39, 0.29) is 10.8 Å². The van der Waals surface area contributed by atoms with E-state index in [0.29, 0.717) is 5.92 Å². The average molecular weight is 734 g/mol. The summed E-state index contributed by atoms with van der Waals surface area (Å²) in [5.41, 5.74) is 18.0. The normalized spacial score (nSPS) is 16.9. The smallest absolute Gasteiger partial charge is 0.0260 e. The summed E-state index contributed by atoms with van der Waals surface area (Å²) in [6, 6.07) is 47.1. The molecule has 0 spiro atoms. The molecule has 1 heteroatoms. The fourth-order valence-corrected chi connectivity index (χ4v) is 11.3. The Morgan fingerprint density at radius 1 is 0.442 bits per heavy atom. The van der Waals surface area contributed by atoms with Crippen LogP contribution in [0.1, 0.15) is 87.1 Å². The van der Waals surface area contributed by atoms with Crippen molar-refractivity contribution in [2.75, 3.05) is 0 Å². The van der Waals surface area contributed by atoms with Crippen molar-refractivity contribution in [3.05, 3.63) is 154 Å². The van der Waals surface area contributed by atoms with Crippen LogP contribution in [-0.2, 0) is 10.8 Å². The number of benzene rings is 8. The van der Waals surface area contributed by atoms with Gasteiger partial charge in [-0.15, -0.1) is 0 Å². The first-order chi connectivity index (χ1) is 25.2. The minimum atomic E-state index is -0.0418. The first-order valence-corrected chi connectivity index (χ1v) is 19.9. The van der Waals surface area contributed by atoms with Gasteiger partial charge in [-0.1, -0.05) is 154 Å². The Morgan fingerprint density at radius 2 is 0.904 bits per heavy atom. The zero-order chi connectivity index (χ0) is 35.1. The molecule has 0 N–H and O–H groups in total. The Balaban J connectivity index is 1.17. The third-order valence-electron chi connectivity index (χ3n) is 13.5. The number of hydrogen-bond donors (Lipinski definition) is 0. The molecule has 52 heavy (non-hydrogen) atoms. The van der Waals surface area contributed by atoms with Gasteiger partial charge in [0, 0.05) is 15.3 Å². The van der Waals surface area contributed by atoms with Crippen molar-refractivity contribution in [3.63, 3.8) is 0 Å². The summed E-state index contributed by atoms with van der Waals surface area (Å²) >= 11 is 4.11. The van der Waals surface area contributed by atoms with Gasteiger partial charge in [0.05, 0.1) is 0 Å². The largest absolute Gasteiger partial charge is 0.0619 e. The van der Waals surface area contributed by atoms with Crippen molar-refractivity contribution < 1.29 is 0 Å². The first kappa shape index (κ1) is 30.9. The average Bonchev–Trinajstić information content (AvgIpc) is 3.84. The summed E-state index contributed by atoms with van der Waals surface area (Å²) in [5.74, 6) is 0.599. The zero-order valence-corrected chi connectivity index (χ0v) is 31.9. The molecule has 8 aromatic carbocycles. The predicted octanol–water partition coefficient (Wildman–Crippen LogP) is 15.0. The van der Waals surface area contributed by atoms with Gasteiger partial charge in [-0.05, 0) is 148 Å². The van der Waals surface area contributed by atoms with Crippen molar-refractivity contribution in [1.29, 1.82) is 0 Å². The molecule has 0 bridgehead atoms. The van der Waals surface area contributed by atoms with Gasteiger partial charge >= 0.3 is 0 Å². The summed E-state index contributed by atoms with van der Waals surface area (Å²) in [5, 5.41) is 8.24. The van der Waals surface area contributed by atoms with Crippen LogP contribution in [0.4, 0.5) is 0 Å². The van der Waals surface area contributed by atoms with Gasteiger partial charge in [0.15, 0.2) is 0 Å². The Bertz CT molecular complexity index is 2810. The maximum atomic E-state index is 4.11. The summed E-state index contributed by atoms with van der Waals surface area (Å²) in [7, 11) is 0. The fraction of sp³-hybridized carbons (Fsp3) is 0.216. The number of halogens is 1. The van der Waals surface area contributed by atoms with Gasteiger partial charge < -0.3 is 0 Å². The zero-order valence-electron chi connectivity index (χ0n) is 30.3. The molecule has 1 fully saturated rings. The molecule has 0 amide bonds. The lowest BCUT2D eigenvalue weighted by molar-refractivity contribution is 0.660. The Kier molecular flexibility index (Phi) is 6.34. The molecule has 0 atom stereocenters. The SMILES string of the molecule is CC1(C)c2ccccc2-c2ccc(-c3cc(Br)c4ccc5c(-c6ccc7c(c6)C(C)(C)c6ccccc6-7)cc(C6CCCC6)c6ccc3c4c56)cc21. The van der Waals surface area contributed by atoms with Crippen molar-refractivity contribution in [2.45, 2.75) is 70.1 Å². The van der Waals surface area contributed by atoms with Crippen LogP contribution in [0.5, 0.6) is 0 Å². The summed E-state index contributed by atoms with van der Waals surface area (Å²) < 4.78 is 1.16. The van der Waals surface area contributed by atoms with E-state index in [2.05, 4.69) is 165 Å². The van der Waals surface area contributed by atoms with Crippen molar-refractivity contribution in [1.82, 2.24) is 0 Å². The topological polar surface area (TPSA) is 0 Å². The van der Waals surface area contributed by atoms with Crippen LogP contribution in [0.3, 0.4) is 0 Å². The van der Waals surface area contributed by atoms with E-state index in [1.54, 1.807) is 0 Å². The van der Waals surface area contributed by atoms with Crippen LogP contribution < -0.4 is 0 Å². The Hall–Kier alpha value is -4.72. The molecule has 11 rings (SSSR count). The van der Waals surface area contributed by atoms with Crippen molar-refractivity contribution >= 4 is 48.2 Å². The van der Waals surface area contributed by atoms with E-state index in [1.807, 2.05) is 0 Å². The molecule has 0 unspecified atom stereocenters. The second-order valence-corrected chi connectivity index (χ2v) is 17.7. The van der Waals surface area contributed by atoms with Gasteiger partial charge in [0.25, 0.3) is 0 Å². The standard InChI is InChI=1S/C51H41Br/c1-50(2)43-15-9-7-13-32(43)34-19-17-30(25-45(34)50)41-27-40(29-11-5-6-12-29)36-21-22-38-42(28-47(52)39-24-23-37(41)48(36)49(38)39)31-18-20-35-33-14-8-10-16-44(33)51(3,4)46(35)26-31/h7-10,13-29H,5-6,11-12H2,1-4H3. The third-order valence-corrected chi connectivity index (χ3v) is 14.1. The summed E-state index contributed by atoms with van der Waals surface area (Å²) in [6.07, 6.45) is 5.19. The highest BCUT2D eigenvalue weighted by Crippen LogP contribution is 2.54. The van der Waals surface area contributed by atoms with Gasteiger partial charge in [-0.3, -0.25) is 0 Å². The van der Waals surface area contributed by atoms with Crippen LogP contribution in [0.15, 0.2) is 126 Å². The van der Waals surface area contributed by atoms with Gasteiger partial charge in [-0.2, -0.15) is 0 Å². The quantitative estimate of drug-likeness (QED) is 0.159. The van der Waals surface area contributed by atoms with Crippen LogP contribution >= 0.6 is 15.9 Å². The van der Waals surface area contributed by atoms with E-state index in [4.69, 9.17) is 0 Å². The van der Waals surface area contributed by atoms with E-state index in [9.17, 15) is 0 Å². The number of rotatable bonds is 3. The molecule has 0 aromatic heterocycles. The predicted molar refractivity (Wildman–Crippen MR) is 225 cm³/mol. The highest BCUT2D eigenvalue weighted by Gasteiger charge is 2.37. The molecule has 0 radical (unpaired) electrons. The second-order valence-electron chi connectivity index (χ2n) is 16.8. The lowest BCUT2D eigenvalue weighted by atomic mass is 9.79. The van der Waals surface area contributed by atoms with Gasteiger partial charge in [0.2, 0.25) is 0 Å². The molecule has 1 saturated carbocycles. The van der Waals surface area contributed by atoms with E-state index in [1.165, 1.54) is 130 Å². The van der Waals surface area contributed by atoms with E-state index >= 15 is 0 Å². The highest BCUT2D eigenvalue weighted by molar-refractivity contribution is 9.10. The monoisotopic (exact) mass is 732 g/mol. The first-order valence-electron chi connectivity index (χ1n) is 19.2. The van der Waals surface area contributed by atoms with E-state index < -0.39 is 0 Å². The lowest BCUT2D eigenvalue weighted by Crippen LogP contribution is -2.14. The van der Waals surface area contributed by atoms with E-state index in [0.717, 1.165) is 4.47 Å². The minimum absolute atomic E-state index is 0.0361. The molecule has 0 heterocycles. The maximum absolute atomic E-state index is 4.11. The minimum Gasteiger partial charge on any atom is -0.0619 e. The molecular weight excluding hydrogens is 692 g/mol. The van der Waals surface area contributed by atoms with Gasteiger partial charge in [0.1, 0.15) is 0 Å². The third kappa shape index (κ3) is 4.04. The number of fused-ring (bicyclic) bond motifs is 6. The number of hydrogen-bond acceptors (Lipinski definition) is 0. The molecule has 0 saturated heterocycles. The molecular formula is C51H41Br. The van der Waals surface area contributed by atoms with Crippen LogP contribution in [0.2, 0.25) is 0 Å². The summed E-state index contributed by atoms with van der Waals surface area (Å²) in [4.78, 5) is 0. The fourth-order valence-electron chi connectivity index (χ4n) is 10.8. The van der Waals surface area contributed by atoms with Crippen LogP contribution in [0, 0.1) is 0 Å². The lowest BCUT2D eigenvalue weighted by Gasteiger charge is -2.24. The molecule has 0 nitrogen and oxygen atoms in total.